The van der Waals surface area contributed by atoms with Crippen LogP contribution >= 0.6 is 0 Å². The first-order valence-electron chi connectivity index (χ1n) is 8.89. The van der Waals surface area contributed by atoms with Crippen LogP contribution in [0.2, 0.25) is 0 Å². The molecule has 0 saturated carbocycles. The van der Waals surface area contributed by atoms with Crippen molar-refractivity contribution in [2.24, 2.45) is 0 Å². The first-order valence-corrected chi connectivity index (χ1v) is 8.89. The van der Waals surface area contributed by atoms with E-state index >= 15 is 0 Å². The Hall–Kier alpha value is -2.74. The highest BCUT2D eigenvalue weighted by molar-refractivity contribution is 5.93. The summed E-state index contributed by atoms with van der Waals surface area (Å²) in [6.07, 6.45) is 0. The van der Waals surface area contributed by atoms with E-state index in [9.17, 15) is 14.7 Å². The Labute approximate surface area is 152 Å². The number of benzene rings is 1. The van der Waals surface area contributed by atoms with Crippen molar-refractivity contribution in [3.8, 4) is 5.75 Å². The molecule has 1 aromatic rings. The third kappa shape index (κ3) is 4.08. The second kappa shape index (κ2) is 8.09. The zero-order valence-electron chi connectivity index (χ0n) is 14.9. The number of urea groups is 1. The molecule has 4 N–H and O–H groups in total. The molecule has 26 heavy (non-hydrogen) atoms. The van der Waals surface area contributed by atoms with Gasteiger partial charge in [0.05, 0.1) is 56.3 Å². The van der Waals surface area contributed by atoms with Gasteiger partial charge in [-0.1, -0.05) is 12.1 Å². The Morgan fingerprint density at radius 3 is 2.73 bits per heavy atom. The monoisotopic (exact) mass is 361 g/mol. The maximum Gasteiger partial charge on any atom is 0.337 e. The average Bonchev–Trinajstić information content (AvgIpc) is 2.63. The van der Waals surface area contributed by atoms with Crippen LogP contribution in [-0.2, 0) is 9.53 Å². The van der Waals surface area contributed by atoms with Crippen molar-refractivity contribution >= 4 is 17.7 Å². The Morgan fingerprint density at radius 2 is 2.04 bits per heavy atom. The molecule has 0 aromatic heterocycles. The van der Waals surface area contributed by atoms with Crippen molar-refractivity contribution in [3.05, 3.63) is 35.5 Å². The molecule has 8 nitrogen and oxygen atoms in total. The van der Waals surface area contributed by atoms with Crippen molar-refractivity contribution in [3.63, 3.8) is 0 Å². The number of esters is 1. The predicted octanol–water partition coefficient (Wildman–Crippen LogP) is -0.773. The molecule has 0 bridgehead atoms. The van der Waals surface area contributed by atoms with Gasteiger partial charge in [-0.25, -0.2) is 9.59 Å². The number of nitrogens with zero attached hydrogens (tertiary/aromatic N) is 1. The Kier molecular flexibility index (Phi) is 5.62. The van der Waals surface area contributed by atoms with Gasteiger partial charge in [-0.2, -0.15) is 0 Å². The summed E-state index contributed by atoms with van der Waals surface area (Å²) in [5.74, 6) is -0.101. The lowest BCUT2D eigenvalue weighted by atomic mass is 10.1. The van der Waals surface area contributed by atoms with Crippen LogP contribution in [0.3, 0.4) is 0 Å². The van der Waals surface area contributed by atoms with Gasteiger partial charge in [0.1, 0.15) is 12.3 Å². The molecule has 0 radical (unpaired) electrons. The molecular formula is C18H25N4O4+. The van der Waals surface area contributed by atoms with E-state index in [1.54, 1.807) is 13.0 Å². The largest absolute Gasteiger partial charge is 0.506 e. The zero-order valence-corrected chi connectivity index (χ0v) is 14.9. The number of aromatic hydroxyl groups is 1. The zero-order chi connectivity index (χ0) is 18.5. The van der Waals surface area contributed by atoms with Crippen LogP contribution in [0.4, 0.5) is 10.5 Å². The van der Waals surface area contributed by atoms with Crippen LogP contribution in [0.15, 0.2) is 35.5 Å². The minimum absolute atomic E-state index is 0.192. The predicted molar refractivity (Wildman–Crippen MR) is 96.1 cm³/mol. The molecule has 140 valence electrons. The van der Waals surface area contributed by atoms with E-state index in [-0.39, 0.29) is 24.3 Å². The van der Waals surface area contributed by atoms with E-state index in [4.69, 9.17) is 4.74 Å². The average molecular weight is 361 g/mol. The van der Waals surface area contributed by atoms with Crippen LogP contribution < -0.4 is 20.4 Å². The number of hydrogen-bond acceptors (Lipinski definition) is 5. The third-order valence-corrected chi connectivity index (χ3v) is 4.70. The minimum atomic E-state index is -0.387. The molecule has 2 heterocycles. The molecule has 0 unspecified atom stereocenters. The van der Waals surface area contributed by atoms with Gasteiger partial charge in [0.25, 0.3) is 0 Å². The normalized spacial score (nSPS) is 18.3. The molecular weight excluding hydrogens is 336 g/mol. The number of piperazine rings is 1. The fourth-order valence-electron chi connectivity index (χ4n) is 3.32. The highest BCUT2D eigenvalue weighted by Crippen LogP contribution is 2.25. The molecule has 2 aliphatic heterocycles. The van der Waals surface area contributed by atoms with E-state index in [1.807, 2.05) is 18.2 Å². The van der Waals surface area contributed by atoms with Gasteiger partial charge in [-0.3, -0.25) is 0 Å². The third-order valence-electron chi connectivity index (χ3n) is 4.70. The molecule has 0 atom stereocenters. The highest BCUT2D eigenvalue weighted by Gasteiger charge is 2.28. The Morgan fingerprint density at radius 1 is 1.31 bits per heavy atom. The molecule has 1 fully saturated rings. The lowest BCUT2D eigenvalue weighted by molar-refractivity contribution is -0.896. The Bertz CT molecular complexity index is 711. The molecule has 3 rings (SSSR count). The summed E-state index contributed by atoms with van der Waals surface area (Å²) < 4.78 is 5.09. The number of anilines is 1. The van der Waals surface area contributed by atoms with Gasteiger partial charge in [0.15, 0.2) is 0 Å². The van der Waals surface area contributed by atoms with Crippen molar-refractivity contribution < 1.29 is 24.3 Å². The molecule has 0 spiro atoms. The van der Waals surface area contributed by atoms with Crippen molar-refractivity contribution in [2.45, 2.75) is 6.92 Å². The minimum Gasteiger partial charge on any atom is -0.506 e. The summed E-state index contributed by atoms with van der Waals surface area (Å²) in [5.41, 5.74) is 1.97. The van der Waals surface area contributed by atoms with Crippen LogP contribution in [0.25, 0.3) is 0 Å². The molecule has 1 aromatic carbocycles. The van der Waals surface area contributed by atoms with E-state index in [2.05, 4.69) is 15.5 Å². The van der Waals surface area contributed by atoms with E-state index in [0.717, 1.165) is 31.9 Å². The number of carbonyl (C=O) groups excluding carboxylic acids is 2. The van der Waals surface area contributed by atoms with Gasteiger partial charge in [-0.05, 0) is 19.1 Å². The van der Waals surface area contributed by atoms with Gasteiger partial charge in [0.2, 0.25) is 0 Å². The fraction of sp³-hybridized carbons (Fsp3) is 0.444. The van der Waals surface area contributed by atoms with Crippen molar-refractivity contribution in [1.82, 2.24) is 10.6 Å². The van der Waals surface area contributed by atoms with Gasteiger partial charge < -0.3 is 30.3 Å². The summed E-state index contributed by atoms with van der Waals surface area (Å²) in [6.45, 7) is 6.09. The molecule has 1 saturated heterocycles. The standard InChI is InChI=1S/C18H24N4O4/c1-2-26-17(24)13-11-19-18(25)20-14(13)12-21-7-9-22(10-8-21)15-5-3-4-6-16(15)23/h3-6,23H,2,7-12H2,1H3,(H2,19,20,25)/p+1. The summed E-state index contributed by atoms with van der Waals surface area (Å²) in [4.78, 5) is 27.2. The number of carbonyl (C=O) groups is 2. The first-order chi connectivity index (χ1) is 12.6. The number of phenolic OH excluding ortho intramolecular Hbond substituents is 1. The molecule has 0 aliphatic carbocycles. The van der Waals surface area contributed by atoms with Crippen LogP contribution in [-0.4, -0.2) is 63.0 Å². The van der Waals surface area contributed by atoms with Gasteiger partial charge >= 0.3 is 12.0 Å². The van der Waals surface area contributed by atoms with E-state index in [1.165, 1.54) is 4.90 Å². The molecule has 2 aliphatic rings. The number of amides is 2. The van der Waals surface area contributed by atoms with Crippen LogP contribution in [0, 0.1) is 0 Å². The second-order valence-corrected chi connectivity index (χ2v) is 6.39. The number of nitrogens with one attached hydrogen (secondary N) is 3. The molecule has 2 amide bonds. The molecule has 8 heteroatoms. The van der Waals surface area contributed by atoms with E-state index < -0.39 is 0 Å². The van der Waals surface area contributed by atoms with Crippen molar-refractivity contribution in [1.29, 1.82) is 0 Å². The number of para-hydroxylation sites is 2. The lowest BCUT2D eigenvalue weighted by Gasteiger charge is -2.35. The maximum absolute atomic E-state index is 12.1. The number of ether oxygens (including phenoxy) is 1. The summed E-state index contributed by atoms with van der Waals surface area (Å²) in [6, 6.07) is 7.03. The van der Waals surface area contributed by atoms with E-state index in [0.29, 0.717) is 24.4 Å². The number of hydrogen-bond donors (Lipinski definition) is 4. The fourth-order valence-corrected chi connectivity index (χ4v) is 3.32. The quantitative estimate of drug-likeness (QED) is 0.517. The van der Waals surface area contributed by atoms with Gasteiger partial charge in [0, 0.05) is 0 Å². The highest BCUT2D eigenvalue weighted by atomic mass is 16.5. The SMILES string of the molecule is CCOC(=O)C1=C(C[NH+]2CCN(c3ccccc3O)CC2)NC(=O)NC1. The van der Waals surface area contributed by atoms with Gasteiger partial charge in [-0.15, -0.1) is 0 Å². The topological polar surface area (TPSA) is 95.3 Å². The number of rotatable bonds is 5. The summed E-state index contributed by atoms with van der Waals surface area (Å²) in [7, 11) is 0. The number of quaternary nitrogens is 1. The Balaban J connectivity index is 1.64. The first kappa shape index (κ1) is 18.1. The van der Waals surface area contributed by atoms with Crippen LogP contribution in [0.1, 0.15) is 6.92 Å². The maximum atomic E-state index is 12.1. The lowest BCUT2D eigenvalue weighted by Crippen LogP contribution is -3.15. The second-order valence-electron chi connectivity index (χ2n) is 6.39. The summed E-state index contributed by atoms with van der Waals surface area (Å²) >= 11 is 0. The summed E-state index contributed by atoms with van der Waals surface area (Å²) in [5, 5.41) is 15.4. The van der Waals surface area contributed by atoms with Crippen LogP contribution in [0.5, 0.6) is 5.75 Å². The smallest absolute Gasteiger partial charge is 0.337 e. The number of phenols is 1. The van der Waals surface area contributed by atoms with Crippen molar-refractivity contribution in [2.75, 3.05) is 50.8 Å².